The quantitative estimate of drug-likeness (QED) is 0.794. The van der Waals surface area contributed by atoms with Crippen LogP contribution in [0.5, 0.6) is 5.75 Å². The van der Waals surface area contributed by atoms with E-state index in [4.69, 9.17) is 4.74 Å². The molecule has 6 nitrogen and oxygen atoms in total. The highest BCUT2D eigenvalue weighted by atomic mass is 16.5. The molecule has 1 aromatic carbocycles. The molecule has 150 valence electrons. The van der Waals surface area contributed by atoms with E-state index in [1.807, 2.05) is 24.8 Å². The molecule has 0 saturated carbocycles. The van der Waals surface area contributed by atoms with E-state index in [-0.39, 0.29) is 17.7 Å². The fourth-order valence-electron chi connectivity index (χ4n) is 3.43. The lowest BCUT2D eigenvalue weighted by Gasteiger charge is -2.37. The van der Waals surface area contributed by atoms with Gasteiger partial charge in [-0.2, -0.15) is 0 Å². The molecule has 1 fully saturated rings. The van der Waals surface area contributed by atoms with Gasteiger partial charge in [0.05, 0.1) is 12.7 Å². The van der Waals surface area contributed by atoms with Gasteiger partial charge in [0.1, 0.15) is 11.8 Å². The average Bonchev–Trinajstić information content (AvgIpc) is 2.65. The van der Waals surface area contributed by atoms with E-state index in [0.717, 1.165) is 19.6 Å². The summed E-state index contributed by atoms with van der Waals surface area (Å²) in [6, 6.07) is 6.52. The van der Waals surface area contributed by atoms with Crippen LogP contribution < -0.4 is 10.1 Å². The number of nitrogens with zero attached hydrogens (tertiary/aromatic N) is 2. The van der Waals surface area contributed by atoms with Gasteiger partial charge in [-0.25, -0.2) is 0 Å². The van der Waals surface area contributed by atoms with Gasteiger partial charge in [-0.05, 0) is 24.0 Å². The van der Waals surface area contributed by atoms with Crippen molar-refractivity contribution in [3.05, 3.63) is 29.8 Å². The van der Waals surface area contributed by atoms with Crippen molar-refractivity contribution in [3.8, 4) is 5.75 Å². The molecule has 1 N–H and O–H groups in total. The molecule has 1 aliphatic heterocycles. The van der Waals surface area contributed by atoms with Crippen molar-refractivity contribution in [2.45, 2.75) is 33.7 Å². The van der Waals surface area contributed by atoms with Crippen LogP contribution in [0, 0.1) is 11.8 Å². The fourth-order valence-corrected chi connectivity index (χ4v) is 3.43. The van der Waals surface area contributed by atoms with Gasteiger partial charge in [0.25, 0.3) is 5.91 Å². The van der Waals surface area contributed by atoms with Crippen molar-refractivity contribution >= 4 is 11.8 Å². The number of ether oxygens (including phenoxy) is 1. The average molecular weight is 376 g/mol. The molecular weight excluding hydrogens is 342 g/mol. The van der Waals surface area contributed by atoms with E-state index >= 15 is 0 Å². The Hall–Kier alpha value is -2.08. The second-order valence-corrected chi connectivity index (χ2v) is 7.92. The first kappa shape index (κ1) is 21.2. The van der Waals surface area contributed by atoms with Crippen LogP contribution in [-0.4, -0.2) is 67.5 Å². The third kappa shape index (κ3) is 5.70. The SMILES string of the molecule is COc1ccccc1C(=O)NC(C(=O)N1CCN(CC(C)C)CC1)C(C)C. The number of methoxy groups -OCH3 is 1. The lowest BCUT2D eigenvalue weighted by atomic mass is 10.0. The molecule has 0 bridgehead atoms. The Labute approximate surface area is 162 Å². The van der Waals surface area contributed by atoms with Gasteiger partial charge < -0.3 is 15.0 Å². The molecular formula is C21H33N3O3. The van der Waals surface area contributed by atoms with Crippen LogP contribution in [0.3, 0.4) is 0 Å². The number of carbonyl (C=O) groups is 2. The number of nitrogens with one attached hydrogen (secondary N) is 1. The summed E-state index contributed by atoms with van der Waals surface area (Å²) >= 11 is 0. The summed E-state index contributed by atoms with van der Waals surface area (Å²) in [4.78, 5) is 30.1. The summed E-state index contributed by atoms with van der Waals surface area (Å²) in [5, 5.41) is 2.92. The number of para-hydroxylation sites is 1. The zero-order valence-electron chi connectivity index (χ0n) is 17.2. The summed E-state index contributed by atoms with van der Waals surface area (Å²) in [5.74, 6) is 0.850. The standard InChI is InChI=1S/C21H33N3O3/c1-15(2)14-23-10-12-24(13-11-23)21(26)19(16(3)4)22-20(25)17-8-6-7-9-18(17)27-5/h6-9,15-16,19H,10-14H2,1-5H3,(H,22,25). The minimum atomic E-state index is -0.543. The van der Waals surface area contributed by atoms with Crippen LogP contribution in [0.25, 0.3) is 0 Å². The molecule has 0 spiro atoms. The molecule has 27 heavy (non-hydrogen) atoms. The molecule has 2 amide bonds. The van der Waals surface area contributed by atoms with Crippen molar-refractivity contribution in [1.82, 2.24) is 15.1 Å². The van der Waals surface area contributed by atoms with Gasteiger partial charge in [0.2, 0.25) is 5.91 Å². The van der Waals surface area contributed by atoms with E-state index in [1.165, 1.54) is 7.11 Å². The molecule has 1 unspecified atom stereocenters. The lowest BCUT2D eigenvalue weighted by molar-refractivity contribution is -0.136. The summed E-state index contributed by atoms with van der Waals surface area (Å²) in [7, 11) is 1.54. The van der Waals surface area contributed by atoms with Crippen molar-refractivity contribution in [2.75, 3.05) is 39.8 Å². The van der Waals surface area contributed by atoms with E-state index in [9.17, 15) is 9.59 Å². The largest absolute Gasteiger partial charge is 0.496 e. The number of carbonyl (C=O) groups excluding carboxylic acids is 2. The highest BCUT2D eigenvalue weighted by molar-refractivity contribution is 5.99. The van der Waals surface area contributed by atoms with Crippen LogP contribution in [0.2, 0.25) is 0 Å². The van der Waals surface area contributed by atoms with Crippen molar-refractivity contribution in [1.29, 1.82) is 0 Å². The van der Waals surface area contributed by atoms with Crippen LogP contribution in [0.4, 0.5) is 0 Å². The number of hydrogen-bond donors (Lipinski definition) is 1. The molecule has 0 aliphatic carbocycles. The highest BCUT2D eigenvalue weighted by Gasteiger charge is 2.31. The summed E-state index contributed by atoms with van der Waals surface area (Å²) < 4.78 is 5.27. The maximum Gasteiger partial charge on any atom is 0.255 e. The smallest absolute Gasteiger partial charge is 0.255 e. The van der Waals surface area contributed by atoms with Gasteiger partial charge in [-0.1, -0.05) is 39.8 Å². The summed E-state index contributed by atoms with van der Waals surface area (Å²) in [6.07, 6.45) is 0. The molecule has 0 aromatic heterocycles. The first-order valence-corrected chi connectivity index (χ1v) is 9.78. The van der Waals surface area contributed by atoms with E-state index in [2.05, 4.69) is 24.1 Å². The normalized spacial score (nSPS) is 16.5. The van der Waals surface area contributed by atoms with E-state index in [1.54, 1.807) is 18.2 Å². The van der Waals surface area contributed by atoms with Crippen LogP contribution >= 0.6 is 0 Å². The second-order valence-electron chi connectivity index (χ2n) is 7.92. The predicted molar refractivity (Wildman–Crippen MR) is 107 cm³/mol. The Morgan fingerprint density at radius 1 is 1.07 bits per heavy atom. The van der Waals surface area contributed by atoms with Gasteiger partial charge in [0.15, 0.2) is 0 Å². The third-order valence-electron chi connectivity index (χ3n) is 4.88. The predicted octanol–water partition coefficient (Wildman–Crippen LogP) is 2.25. The Balaban J connectivity index is 2.02. The van der Waals surface area contributed by atoms with E-state index < -0.39 is 6.04 Å². The number of rotatable bonds is 7. The van der Waals surface area contributed by atoms with Crippen LogP contribution in [-0.2, 0) is 4.79 Å². The topological polar surface area (TPSA) is 61.9 Å². The van der Waals surface area contributed by atoms with Crippen LogP contribution in [0.15, 0.2) is 24.3 Å². The zero-order chi connectivity index (χ0) is 20.0. The summed E-state index contributed by atoms with van der Waals surface area (Å²) in [5.41, 5.74) is 0.445. The minimum absolute atomic E-state index is 0.00237. The van der Waals surface area contributed by atoms with Crippen molar-refractivity contribution in [3.63, 3.8) is 0 Å². The van der Waals surface area contributed by atoms with Gasteiger partial charge in [-0.3, -0.25) is 14.5 Å². The fraction of sp³-hybridized carbons (Fsp3) is 0.619. The zero-order valence-corrected chi connectivity index (χ0v) is 17.2. The summed E-state index contributed by atoms with van der Waals surface area (Å²) in [6.45, 7) is 12.6. The number of hydrogen-bond acceptors (Lipinski definition) is 4. The Kier molecular flexibility index (Phi) is 7.66. The first-order valence-electron chi connectivity index (χ1n) is 9.78. The number of piperazine rings is 1. The third-order valence-corrected chi connectivity index (χ3v) is 4.88. The molecule has 1 atom stereocenters. The number of amides is 2. The number of benzene rings is 1. The maximum absolute atomic E-state index is 13.1. The Morgan fingerprint density at radius 2 is 1.70 bits per heavy atom. The van der Waals surface area contributed by atoms with Gasteiger partial charge in [0, 0.05) is 32.7 Å². The molecule has 1 aromatic rings. The molecule has 1 saturated heterocycles. The second kappa shape index (κ2) is 9.74. The Morgan fingerprint density at radius 3 is 2.26 bits per heavy atom. The molecule has 2 rings (SSSR count). The Bertz CT molecular complexity index is 637. The minimum Gasteiger partial charge on any atom is -0.496 e. The molecule has 6 heteroatoms. The van der Waals surface area contributed by atoms with Gasteiger partial charge >= 0.3 is 0 Å². The highest BCUT2D eigenvalue weighted by Crippen LogP contribution is 2.18. The monoisotopic (exact) mass is 375 g/mol. The molecule has 1 heterocycles. The van der Waals surface area contributed by atoms with Crippen molar-refractivity contribution < 1.29 is 14.3 Å². The van der Waals surface area contributed by atoms with E-state index in [0.29, 0.717) is 30.3 Å². The molecule has 1 aliphatic rings. The lowest BCUT2D eigenvalue weighted by Crippen LogP contribution is -2.56. The molecule has 0 radical (unpaired) electrons. The maximum atomic E-state index is 13.1. The van der Waals surface area contributed by atoms with Gasteiger partial charge in [-0.15, -0.1) is 0 Å². The van der Waals surface area contributed by atoms with Crippen molar-refractivity contribution in [2.24, 2.45) is 11.8 Å². The first-order chi connectivity index (χ1) is 12.8. The van der Waals surface area contributed by atoms with Crippen LogP contribution in [0.1, 0.15) is 38.1 Å².